The first kappa shape index (κ1) is 29.7. The smallest absolute Gasteiger partial charge is 0.261 e. The van der Waals surface area contributed by atoms with Crippen molar-refractivity contribution in [3.05, 3.63) is 101 Å². The molecule has 6 heteroatoms. The second-order valence-electron chi connectivity index (χ2n) is 11.8. The normalized spacial score (nSPS) is 14.8. The van der Waals surface area contributed by atoms with Gasteiger partial charge in [0.15, 0.2) is 6.61 Å². The minimum atomic E-state index is -0.681. The predicted molar refractivity (Wildman–Crippen MR) is 162 cm³/mol. The zero-order valence-corrected chi connectivity index (χ0v) is 24.6. The van der Waals surface area contributed by atoms with E-state index in [1.807, 2.05) is 66.7 Å². The molecular formula is C34H41ClN2O3. The van der Waals surface area contributed by atoms with Crippen molar-refractivity contribution in [1.29, 1.82) is 0 Å². The molecule has 0 radical (unpaired) electrons. The van der Waals surface area contributed by atoms with Crippen LogP contribution in [0.4, 0.5) is 0 Å². The van der Waals surface area contributed by atoms with Crippen LogP contribution in [0.2, 0.25) is 5.02 Å². The highest BCUT2D eigenvalue weighted by molar-refractivity contribution is 6.30. The minimum Gasteiger partial charge on any atom is -0.484 e. The number of nitrogens with one attached hydrogen (secondary N) is 1. The van der Waals surface area contributed by atoms with E-state index in [1.165, 1.54) is 12.0 Å². The van der Waals surface area contributed by atoms with Gasteiger partial charge in [-0.05, 0) is 59.2 Å². The van der Waals surface area contributed by atoms with E-state index in [0.29, 0.717) is 17.2 Å². The summed E-state index contributed by atoms with van der Waals surface area (Å²) in [5, 5.41) is 3.89. The van der Waals surface area contributed by atoms with E-state index in [0.717, 1.165) is 36.8 Å². The van der Waals surface area contributed by atoms with Crippen molar-refractivity contribution in [2.75, 3.05) is 6.61 Å². The zero-order valence-electron chi connectivity index (χ0n) is 23.9. The van der Waals surface area contributed by atoms with Crippen LogP contribution >= 0.6 is 11.6 Å². The predicted octanol–water partition coefficient (Wildman–Crippen LogP) is 7.11. The van der Waals surface area contributed by atoms with Gasteiger partial charge in [-0.15, -0.1) is 0 Å². The molecule has 0 heterocycles. The Morgan fingerprint density at radius 1 is 0.900 bits per heavy atom. The van der Waals surface area contributed by atoms with E-state index < -0.39 is 6.04 Å². The molecule has 1 aliphatic rings. The number of amides is 2. The zero-order chi connectivity index (χ0) is 28.5. The van der Waals surface area contributed by atoms with Crippen LogP contribution in [0.5, 0.6) is 5.75 Å². The van der Waals surface area contributed by atoms with Crippen molar-refractivity contribution < 1.29 is 14.3 Å². The van der Waals surface area contributed by atoms with Gasteiger partial charge < -0.3 is 15.0 Å². The highest BCUT2D eigenvalue weighted by atomic mass is 35.5. The Balaban J connectivity index is 1.58. The lowest BCUT2D eigenvalue weighted by molar-refractivity contribution is -0.143. The van der Waals surface area contributed by atoms with Gasteiger partial charge in [0, 0.05) is 24.0 Å². The van der Waals surface area contributed by atoms with Crippen LogP contribution in [0.15, 0.2) is 78.9 Å². The maximum atomic E-state index is 13.8. The molecule has 0 bridgehead atoms. The Morgan fingerprint density at radius 3 is 2.17 bits per heavy atom. The van der Waals surface area contributed by atoms with Gasteiger partial charge in [-0.1, -0.05) is 106 Å². The summed E-state index contributed by atoms with van der Waals surface area (Å²) in [5.41, 5.74) is 3.12. The quantitative estimate of drug-likeness (QED) is 0.287. The Labute approximate surface area is 243 Å². The molecule has 5 nitrogen and oxygen atoms in total. The van der Waals surface area contributed by atoms with Crippen LogP contribution in [0, 0.1) is 0 Å². The second-order valence-corrected chi connectivity index (χ2v) is 12.2. The molecular weight excluding hydrogens is 520 g/mol. The maximum Gasteiger partial charge on any atom is 0.261 e. The lowest BCUT2D eigenvalue weighted by atomic mass is 9.87. The van der Waals surface area contributed by atoms with Crippen LogP contribution < -0.4 is 10.1 Å². The van der Waals surface area contributed by atoms with E-state index in [1.54, 1.807) is 17.0 Å². The molecule has 2 amide bonds. The topological polar surface area (TPSA) is 58.6 Å². The number of hydrogen-bond acceptors (Lipinski definition) is 3. The molecule has 0 spiro atoms. The van der Waals surface area contributed by atoms with Gasteiger partial charge >= 0.3 is 0 Å². The Morgan fingerprint density at radius 2 is 1.55 bits per heavy atom. The van der Waals surface area contributed by atoms with Crippen molar-refractivity contribution in [2.24, 2.45) is 0 Å². The number of hydrogen-bond donors (Lipinski definition) is 1. The second kappa shape index (κ2) is 13.8. The third-order valence-electron chi connectivity index (χ3n) is 7.57. The fourth-order valence-electron chi connectivity index (χ4n) is 5.16. The average molecular weight is 561 g/mol. The molecule has 212 valence electrons. The van der Waals surface area contributed by atoms with Gasteiger partial charge in [0.2, 0.25) is 5.91 Å². The van der Waals surface area contributed by atoms with E-state index in [-0.39, 0.29) is 36.4 Å². The number of carbonyl (C=O) groups excluding carboxylic acids is 2. The highest BCUT2D eigenvalue weighted by Crippen LogP contribution is 2.25. The Kier molecular flexibility index (Phi) is 10.3. The van der Waals surface area contributed by atoms with Gasteiger partial charge in [-0.25, -0.2) is 0 Å². The fourth-order valence-corrected chi connectivity index (χ4v) is 5.29. The molecule has 1 atom stereocenters. The fraction of sp³-hybridized carbons (Fsp3) is 0.412. The SMILES string of the molecule is CC(C)(C)c1ccc(OCC(=O)N(Cc2ccc(Cl)cc2)[C@@H](Cc2ccccc2)C(=O)NC2CCCCC2)cc1. The highest BCUT2D eigenvalue weighted by Gasteiger charge is 2.32. The van der Waals surface area contributed by atoms with E-state index >= 15 is 0 Å². The molecule has 0 aliphatic heterocycles. The van der Waals surface area contributed by atoms with Crippen molar-refractivity contribution in [2.45, 2.75) is 83.3 Å². The van der Waals surface area contributed by atoms with E-state index in [9.17, 15) is 9.59 Å². The monoisotopic (exact) mass is 560 g/mol. The summed E-state index contributed by atoms with van der Waals surface area (Å²) in [6.07, 6.45) is 5.80. The van der Waals surface area contributed by atoms with E-state index in [2.05, 4.69) is 26.1 Å². The van der Waals surface area contributed by atoms with Crippen molar-refractivity contribution in [1.82, 2.24) is 10.2 Å². The molecule has 0 aromatic heterocycles. The third-order valence-corrected chi connectivity index (χ3v) is 7.82. The molecule has 3 aromatic carbocycles. The number of halogens is 1. The number of ether oxygens (including phenoxy) is 1. The molecule has 4 rings (SSSR count). The van der Waals surface area contributed by atoms with Gasteiger partial charge in [-0.2, -0.15) is 0 Å². The van der Waals surface area contributed by atoms with Crippen molar-refractivity contribution >= 4 is 23.4 Å². The summed E-state index contributed by atoms with van der Waals surface area (Å²) in [4.78, 5) is 29.3. The molecule has 1 aliphatic carbocycles. The summed E-state index contributed by atoms with van der Waals surface area (Å²) in [7, 11) is 0. The molecule has 40 heavy (non-hydrogen) atoms. The Bertz CT molecular complexity index is 1230. The van der Waals surface area contributed by atoms with Crippen LogP contribution in [-0.2, 0) is 28.0 Å². The first-order chi connectivity index (χ1) is 19.2. The third kappa shape index (κ3) is 8.59. The average Bonchev–Trinajstić information content (AvgIpc) is 2.95. The summed E-state index contributed by atoms with van der Waals surface area (Å²) >= 11 is 6.13. The van der Waals surface area contributed by atoms with Crippen LogP contribution in [0.25, 0.3) is 0 Å². The van der Waals surface area contributed by atoms with Crippen LogP contribution in [0.3, 0.4) is 0 Å². The number of carbonyl (C=O) groups is 2. The first-order valence-electron chi connectivity index (χ1n) is 14.3. The largest absolute Gasteiger partial charge is 0.484 e. The summed E-state index contributed by atoms with van der Waals surface area (Å²) in [6, 6.07) is 24.6. The van der Waals surface area contributed by atoms with Crippen molar-refractivity contribution in [3.8, 4) is 5.75 Å². The minimum absolute atomic E-state index is 0.0279. The summed E-state index contributed by atoms with van der Waals surface area (Å²) in [6.45, 7) is 6.59. The molecule has 0 saturated heterocycles. The van der Waals surface area contributed by atoms with Crippen LogP contribution in [0.1, 0.15) is 69.6 Å². The van der Waals surface area contributed by atoms with Gasteiger partial charge in [0.05, 0.1) is 0 Å². The molecule has 1 N–H and O–H groups in total. The molecule has 0 unspecified atom stereocenters. The molecule has 1 saturated carbocycles. The number of benzene rings is 3. The standard InChI is InChI=1S/C34H41ClN2O3/c1-34(2,3)27-16-20-30(21-17-27)40-24-32(38)37(23-26-14-18-28(35)19-15-26)31(22-25-10-6-4-7-11-25)33(39)36-29-12-8-5-9-13-29/h4,6-7,10-11,14-21,29,31H,5,8-9,12-13,22-24H2,1-3H3,(H,36,39)/t31-/m0/s1. The molecule has 3 aromatic rings. The van der Waals surface area contributed by atoms with Crippen molar-refractivity contribution in [3.63, 3.8) is 0 Å². The maximum absolute atomic E-state index is 13.8. The lowest BCUT2D eigenvalue weighted by Gasteiger charge is -2.33. The first-order valence-corrected chi connectivity index (χ1v) is 14.7. The van der Waals surface area contributed by atoms with Gasteiger partial charge in [-0.3, -0.25) is 9.59 Å². The van der Waals surface area contributed by atoms with Crippen LogP contribution in [-0.4, -0.2) is 35.4 Å². The lowest BCUT2D eigenvalue weighted by Crippen LogP contribution is -2.53. The van der Waals surface area contributed by atoms with Gasteiger partial charge in [0.1, 0.15) is 11.8 Å². The number of rotatable bonds is 10. The summed E-state index contributed by atoms with van der Waals surface area (Å²) < 4.78 is 5.96. The molecule has 1 fully saturated rings. The Hall–Kier alpha value is -3.31. The van der Waals surface area contributed by atoms with Gasteiger partial charge in [0.25, 0.3) is 5.91 Å². The van der Waals surface area contributed by atoms with E-state index in [4.69, 9.17) is 16.3 Å². The summed E-state index contributed by atoms with van der Waals surface area (Å²) in [5.74, 6) is 0.265. The number of nitrogens with zero attached hydrogens (tertiary/aromatic N) is 1.